The van der Waals surface area contributed by atoms with Crippen molar-refractivity contribution in [3.63, 3.8) is 0 Å². The van der Waals surface area contributed by atoms with Gasteiger partial charge in [-0.2, -0.15) is 0 Å². The zero-order valence-electron chi connectivity index (χ0n) is 24.3. The molecule has 0 aliphatic carbocycles. The fraction of sp³-hybridized carbons (Fsp3) is 0.235. The molecule has 0 aliphatic heterocycles. The van der Waals surface area contributed by atoms with Gasteiger partial charge in [-0.3, -0.25) is 9.59 Å². The van der Waals surface area contributed by atoms with Crippen LogP contribution in [0, 0.1) is 6.92 Å². The Morgan fingerprint density at radius 2 is 1.55 bits per heavy atom. The largest absolute Gasteiger partial charge is 0.497 e. The normalized spacial score (nSPS) is 11.8. The summed E-state index contributed by atoms with van der Waals surface area (Å²) in [6, 6.07) is 29.6. The maximum Gasteiger partial charge on any atom is 0.251 e. The number of aromatic nitrogens is 3. The number of fused-ring (bicyclic) bond motifs is 1. The van der Waals surface area contributed by atoms with E-state index >= 15 is 0 Å². The number of nitrogens with one attached hydrogen (secondary N) is 1. The predicted octanol–water partition coefficient (Wildman–Crippen LogP) is 6.28. The number of amides is 2. The van der Waals surface area contributed by atoms with Gasteiger partial charge in [0.05, 0.1) is 12.6 Å². The van der Waals surface area contributed by atoms with E-state index in [1.165, 1.54) is 0 Å². The zero-order chi connectivity index (χ0) is 29.6. The first-order valence-corrected chi connectivity index (χ1v) is 14.0. The lowest BCUT2D eigenvalue weighted by Gasteiger charge is -2.32. The van der Waals surface area contributed by atoms with Crippen molar-refractivity contribution in [2.75, 3.05) is 12.4 Å². The van der Waals surface area contributed by atoms with Crippen LogP contribution in [-0.2, 0) is 22.7 Å². The highest BCUT2D eigenvalue weighted by molar-refractivity contribution is 5.98. The molecular weight excluding hydrogens is 526 g/mol. The van der Waals surface area contributed by atoms with Gasteiger partial charge in [0, 0.05) is 12.2 Å². The van der Waals surface area contributed by atoms with Gasteiger partial charge in [-0.25, -0.2) is 4.68 Å². The van der Waals surface area contributed by atoms with E-state index in [1.54, 1.807) is 41.0 Å². The molecule has 0 aliphatic rings. The molecule has 214 valence electrons. The Bertz CT molecular complexity index is 1680. The average Bonchev–Trinajstić information content (AvgIpc) is 3.41. The first-order chi connectivity index (χ1) is 20.3. The number of carbonyl (C=O) groups excluding carboxylic acids is 2. The van der Waals surface area contributed by atoms with Gasteiger partial charge in [0.1, 0.15) is 23.9 Å². The summed E-state index contributed by atoms with van der Waals surface area (Å²) in [5, 5.41) is 11.5. The molecule has 8 nitrogen and oxygen atoms in total. The quantitative estimate of drug-likeness (QED) is 0.217. The molecule has 4 aromatic carbocycles. The number of anilines is 1. The number of para-hydroxylation sites is 1. The maximum absolute atomic E-state index is 14.2. The van der Waals surface area contributed by atoms with E-state index in [4.69, 9.17) is 4.74 Å². The minimum Gasteiger partial charge on any atom is -0.497 e. The molecule has 0 radical (unpaired) electrons. The number of methoxy groups -OCH3 is 1. The fourth-order valence-electron chi connectivity index (χ4n) is 4.97. The van der Waals surface area contributed by atoms with Crippen molar-refractivity contribution in [2.24, 2.45) is 0 Å². The summed E-state index contributed by atoms with van der Waals surface area (Å²) in [5.74, 6) is 0.445. The van der Waals surface area contributed by atoms with Crippen molar-refractivity contribution < 1.29 is 14.3 Å². The van der Waals surface area contributed by atoms with Gasteiger partial charge in [-0.1, -0.05) is 79.7 Å². The molecule has 5 rings (SSSR count). The van der Waals surface area contributed by atoms with Crippen molar-refractivity contribution in [3.05, 3.63) is 119 Å². The van der Waals surface area contributed by atoms with Crippen LogP contribution in [0.4, 0.5) is 5.69 Å². The zero-order valence-corrected chi connectivity index (χ0v) is 24.3. The van der Waals surface area contributed by atoms with Crippen LogP contribution in [0.1, 0.15) is 48.1 Å². The minimum absolute atomic E-state index is 0.0667. The van der Waals surface area contributed by atoms with Crippen LogP contribution in [0.5, 0.6) is 5.75 Å². The van der Waals surface area contributed by atoms with Gasteiger partial charge in [0.25, 0.3) is 5.91 Å². The van der Waals surface area contributed by atoms with E-state index < -0.39 is 6.04 Å². The van der Waals surface area contributed by atoms with Crippen molar-refractivity contribution in [3.8, 4) is 5.75 Å². The number of benzene rings is 4. The first-order valence-electron chi connectivity index (χ1n) is 14.0. The molecule has 8 heteroatoms. The van der Waals surface area contributed by atoms with Crippen molar-refractivity contribution >= 4 is 28.5 Å². The Hall–Kier alpha value is -4.98. The second-order valence-electron chi connectivity index (χ2n) is 10.6. The Kier molecular flexibility index (Phi) is 8.62. The molecule has 1 heterocycles. The molecule has 0 bridgehead atoms. The monoisotopic (exact) mass is 561 g/mol. The third-order valence-corrected chi connectivity index (χ3v) is 7.46. The standard InChI is InChI=1S/C34H35N5O3/c1-23(2)25-13-15-26(16-14-25)33(34(41)35-28-17-19-29(42-4)20-18-28)38(21-27-10-6-5-9-24(27)3)32(40)22-39-31-12-8-7-11-30(31)36-37-39/h5-20,23,33H,21-22H2,1-4H3,(H,35,41). The number of hydrogen-bond acceptors (Lipinski definition) is 5. The molecular formula is C34H35N5O3. The van der Waals surface area contributed by atoms with Crippen molar-refractivity contribution in [2.45, 2.75) is 45.8 Å². The van der Waals surface area contributed by atoms with Gasteiger partial charge in [0.15, 0.2) is 0 Å². The summed E-state index contributed by atoms with van der Waals surface area (Å²) in [6.07, 6.45) is 0. The van der Waals surface area contributed by atoms with Crippen molar-refractivity contribution in [1.29, 1.82) is 0 Å². The molecule has 0 spiro atoms. The molecule has 1 atom stereocenters. The van der Waals surface area contributed by atoms with E-state index in [9.17, 15) is 9.59 Å². The van der Waals surface area contributed by atoms with E-state index in [1.807, 2.05) is 79.7 Å². The van der Waals surface area contributed by atoms with Gasteiger partial charge < -0.3 is 15.0 Å². The summed E-state index contributed by atoms with van der Waals surface area (Å²) in [4.78, 5) is 30.0. The van der Waals surface area contributed by atoms with Gasteiger partial charge in [0.2, 0.25) is 5.91 Å². The SMILES string of the molecule is COc1ccc(NC(=O)C(c2ccc(C(C)C)cc2)N(Cc2ccccc2C)C(=O)Cn2nnc3ccccc32)cc1. The van der Waals surface area contributed by atoms with Crippen LogP contribution < -0.4 is 10.1 Å². The molecule has 1 aromatic heterocycles. The Morgan fingerprint density at radius 1 is 0.881 bits per heavy atom. The van der Waals surface area contributed by atoms with Crippen LogP contribution in [0.3, 0.4) is 0 Å². The molecule has 2 amide bonds. The lowest BCUT2D eigenvalue weighted by molar-refractivity contribution is -0.140. The Labute approximate surface area is 245 Å². The summed E-state index contributed by atoms with van der Waals surface area (Å²) in [6.45, 7) is 6.43. The van der Waals surface area contributed by atoms with Gasteiger partial charge in [-0.05, 0) is 71.5 Å². The van der Waals surface area contributed by atoms with Crippen molar-refractivity contribution in [1.82, 2.24) is 19.9 Å². The lowest BCUT2D eigenvalue weighted by atomic mass is 9.97. The number of carbonyl (C=O) groups is 2. The van der Waals surface area contributed by atoms with E-state index in [-0.39, 0.29) is 24.9 Å². The number of hydrogen-bond donors (Lipinski definition) is 1. The molecule has 0 saturated carbocycles. The first kappa shape index (κ1) is 28.5. The third kappa shape index (κ3) is 6.33. The van der Waals surface area contributed by atoms with E-state index in [0.717, 1.165) is 27.8 Å². The number of aryl methyl sites for hydroxylation is 1. The molecule has 0 saturated heterocycles. The fourth-order valence-corrected chi connectivity index (χ4v) is 4.97. The molecule has 1 unspecified atom stereocenters. The van der Waals surface area contributed by atoms with Crippen LogP contribution >= 0.6 is 0 Å². The number of ether oxygens (including phenoxy) is 1. The molecule has 5 aromatic rings. The van der Waals surface area contributed by atoms with E-state index in [2.05, 4.69) is 29.5 Å². The summed E-state index contributed by atoms with van der Waals surface area (Å²) < 4.78 is 6.86. The highest BCUT2D eigenvalue weighted by Crippen LogP contribution is 2.29. The van der Waals surface area contributed by atoms with Crippen LogP contribution in [0.15, 0.2) is 97.1 Å². The molecule has 1 N–H and O–H groups in total. The van der Waals surface area contributed by atoms with Crippen LogP contribution in [-0.4, -0.2) is 38.8 Å². The van der Waals surface area contributed by atoms with Gasteiger partial charge in [-0.15, -0.1) is 5.10 Å². The topological polar surface area (TPSA) is 89.4 Å². The Balaban J connectivity index is 1.56. The lowest BCUT2D eigenvalue weighted by Crippen LogP contribution is -2.42. The average molecular weight is 562 g/mol. The number of rotatable bonds is 10. The van der Waals surface area contributed by atoms with E-state index in [0.29, 0.717) is 22.9 Å². The molecule has 42 heavy (non-hydrogen) atoms. The smallest absolute Gasteiger partial charge is 0.251 e. The predicted molar refractivity (Wildman–Crippen MR) is 164 cm³/mol. The van der Waals surface area contributed by atoms with Crippen LogP contribution in [0.25, 0.3) is 11.0 Å². The second-order valence-corrected chi connectivity index (χ2v) is 10.6. The Morgan fingerprint density at radius 3 is 2.24 bits per heavy atom. The summed E-state index contributed by atoms with van der Waals surface area (Å²) in [7, 11) is 1.60. The minimum atomic E-state index is -0.907. The maximum atomic E-state index is 14.2. The highest BCUT2D eigenvalue weighted by Gasteiger charge is 2.32. The molecule has 0 fully saturated rings. The number of nitrogens with zero attached hydrogens (tertiary/aromatic N) is 4. The second kappa shape index (κ2) is 12.7. The summed E-state index contributed by atoms with van der Waals surface area (Å²) >= 11 is 0. The summed E-state index contributed by atoms with van der Waals surface area (Å²) in [5.41, 5.74) is 5.92. The highest BCUT2D eigenvalue weighted by atomic mass is 16.5. The van der Waals surface area contributed by atoms with Crippen LogP contribution in [0.2, 0.25) is 0 Å². The van der Waals surface area contributed by atoms with Gasteiger partial charge >= 0.3 is 0 Å². The third-order valence-electron chi connectivity index (χ3n) is 7.46.